The van der Waals surface area contributed by atoms with E-state index >= 15 is 0 Å². The number of fused-ring (bicyclic) bond motifs is 1. The van der Waals surface area contributed by atoms with Crippen LogP contribution >= 0.6 is 11.3 Å². The molecule has 23 heavy (non-hydrogen) atoms. The summed E-state index contributed by atoms with van der Waals surface area (Å²) >= 11 is 1.26. The Morgan fingerprint density at radius 3 is 2.39 bits per heavy atom. The Labute approximate surface area is 132 Å². The minimum atomic E-state index is -5.01. The zero-order valence-corrected chi connectivity index (χ0v) is 12.6. The Balaban J connectivity index is 2.38. The topological polar surface area (TPSA) is 30.0 Å². The predicted molar refractivity (Wildman–Crippen MR) is 80.1 cm³/mol. The van der Waals surface area contributed by atoms with Gasteiger partial charge in [0.05, 0.1) is 11.3 Å². The van der Waals surface area contributed by atoms with Crippen molar-refractivity contribution in [2.75, 3.05) is 0 Å². The smallest absolute Gasteiger partial charge is 0.284 e. The Morgan fingerprint density at radius 2 is 1.78 bits per heavy atom. The Morgan fingerprint density at radius 1 is 1.13 bits per heavy atom. The third-order valence-electron chi connectivity index (χ3n) is 3.41. The number of aryl methyl sites for hydroxylation is 1. The van der Waals surface area contributed by atoms with E-state index in [0.717, 1.165) is 12.1 Å². The van der Waals surface area contributed by atoms with Gasteiger partial charge >= 0.3 is 6.18 Å². The molecule has 2 heterocycles. The van der Waals surface area contributed by atoms with E-state index in [1.54, 1.807) is 11.4 Å². The van der Waals surface area contributed by atoms with Gasteiger partial charge in [0.1, 0.15) is 10.6 Å². The predicted octanol–water partition coefficient (Wildman–Crippen LogP) is 5.16. The molecule has 1 aromatic carbocycles. The molecule has 0 spiro atoms. The van der Waals surface area contributed by atoms with E-state index in [1.807, 2.05) is 0 Å². The van der Waals surface area contributed by atoms with Crippen LogP contribution in [0.5, 0.6) is 0 Å². The molecule has 2 aromatic heterocycles. The summed E-state index contributed by atoms with van der Waals surface area (Å²) in [7, 11) is 0. The van der Waals surface area contributed by atoms with E-state index in [0.29, 0.717) is 15.8 Å². The number of carbonyl (C=O) groups is 1. The summed E-state index contributed by atoms with van der Waals surface area (Å²) in [4.78, 5) is 16.5. The fourth-order valence-electron chi connectivity index (χ4n) is 2.44. The third-order valence-corrected chi connectivity index (χ3v) is 4.22. The molecule has 3 rings (SSSR count). The minimum Gasteiger partial charge on any atom is -0.284 e. The van der Waals surface area contributed by atoms with Gasteiger partial charge in [-0.2, -0.15) is 13.2 Å². The molecule has 0 aliphatic heterocycles. The molecule has 0 bridgehead atoms. The van der Waals surface area contributed by atoms with Crippen LogP contribution in [0.1, 0.15) is 16.1 Å². The second-order valence-electron chi connectivity index (χ2n) is 4.92. The summed E-state index contributed by atoms with van der Waals surface area (Å²) in [6.45, 7) is 1.37. The number of thiophene rings is 1. The first-order chi connectivity index (χ1) is 10.8. The van der Waals surface area contributed by atoms with E-state index < -0.39 is 23.3 Å². The summed E-state index contributed by atoms with van der Waals surface area (Å²) in [6, 6.07) is 6.61. The maximum atomic E-state index is 13.1. The largest absolute Gasteiger partial charge is 0.454 e. The number of halogens is 4. The fraction of sp³-hybridized carbons (Fsp3) is 0.125. The summed E-state index contributed by atoms with van der Waals surface area (Å²) < 4.78 is 52.0. The molecule has 2 nitrogen and oxygen atoms in total. The van der Waals surface area contributed by atoms with Crippen molar-refractivity contribution in [3.8, 4) is 11.1 Å². The SMILES string of the molecule is Cc1nc2sccc2c(-c2ccc(F)cc2)c1C(=O)C(F)(F)F. The number of nitrogens with zero attached hydrogens (tertiary/aromatic N) is 1. The number of ketones is 1. The maximum absolute atomic E-state index is 13.1. The number of alkyl halides is 3. The number of aromatic nitrogens is 1. The first-order valence-corrected chi connectivity index (χ1v) is 7.42. The highest BCUT2D eigenvalue weighted by atomic mass is 32.1. The zero-order chi connectivity index (χ0) is 16.8. The molecule has 0 aliphatic rings. The normalized spacial score (nSPS) is 11.9. The molecule has 0 saturated carbocycles. The van der Waals surface area contributed by atoms with Gasteiger partial charge in [-0.25, -0.2) is 9.37 Å². The summed E-state index contributed by atoms with van der Waals surface area (Å²) in [6.07, 6.45) is -5.01. The first-order valence-electron chi connectivity index (χ1n) is 6.54. The maximum Gasteiger partial charge on any atom is 0.454 e. The van der Waals surface area contributed by atoms with Crippen molar-refractivity contribution in [2.24, 2.45) is 0 Å². The van der Waals surface area contributed by atoms with Crippen LogP contribution in [0.3, 0.4) is 0 Å². The number of Topliss-reactive ketones (excluding diaryl/α,β-unsaturated/α-hetero) is 1. The second-order valence-corrected chi connectivity index (χ2v) is 5.81. The van der Waals surface area contributed by atoms with Crippen LogP contribution in [0.15, 0.2) is 35.7 Å². The molecule has 0 aliphatic carbocycles. The molecule has 0 N–H and O–H groups in total. The molecular weight excluding hydrogens is 330 g/mol. The van der Waals surface area contributed by atoms with E-state index in [4.69, 9.17) is 0 Å². The van der Waals surface area contributed by atoms with Gasteiger partial charge < -0.3 is 0 Å². The molecule has 0 fully saturated rings. The number of hydrogen-bond acceptors (Lipinski definition) is 3. The standard InChI is InChI=1S/C16H9F4NOS/c1-8-12(14(22)16(18,19)20)13(9-2-4-10(17)5-3-9)11-6-7-23-15(11)21-8/h2-7H,1H3. The number of carbonyl (C=O) groups excluding carboxylic acids is 1. The number of rotatable bonds is 2. The van der Waals surface area contributed by atoms with Crippen LogP contribution in [0.4, 0.5) is 17.6 Å². The van der Waals surface area contributed by atoms with Crippen LogP contribution in [0.25, 0.3) is 21.3 Å². The summed E-state index contributed by atoms with van der Waals surface area (Å²) in [5.74, 6) is -2.46. The van der Waals surface area contributed by atoms with Crippen LogP contribution in [-0.2, 0) is 0 Å². The van der Waals surface area contributed by atoms with Crippen molar-refractivity contribution in [1.29, 1.82) is 0 Å². The molecule has 0 unspecified atom stereocenters. The first kappa shape index (κ1) is 15.6. The van der Waals surface area contributed by atoms with Gasteiger partial charge in [-0.1, -0.05) is 12.1 Å². The average molecular weight is 339 g/mol. The third kappa shape index (κ3) is 2.72. The monoisotopic (exact) mass is 339 g/mol. The van der Waals surface area contributed by atoms with Crippen molar-refractivity contribution >= 4 is 27.3 Å². The number of benzene rings is 1. The quantitative estimate of drug-likeness (QED) is 0.477. The van der Waals surface area contributed by atoms with Gasteiger partial charge in [0.2, 0.25) is 0 Å². The molecule has 0 amide bonds. The van der Waals surface area contributed by atoms with Gasteiger partial charge in [-0.3, -0.25) is 4.79 Å². The highest BCUT2D eigenvalue weighted by molar-refractivity contribution is 7.16. The van der Waals surface area contributed by atoms with Crippen LogP contribution < -0.4 is 0 Å². The van der Waals surface area contributed by atoms with Crippen LogP contribution in [0, 0.1) is 12.7 Å². The molecule has 0 saturated heterocycles. The molecule has 7 heteroatoms. The van der Waals surface area contributed by atoms with E-state index in [1.165, 1.54) is 30.4 Å². The van der Waals surface area contributed by atoms with Gasteiger partial charge in [0.25, 0.3) is 5.78 Å². The number of pyridine rings is 1. The van der Waals surface area contributed by atoms with E-state index in [9.17, 15) is 22.4 Å². The van der Waals surface area contributed by atoms with Crippen molar-refractivity contribution < 1.29 is 22.4 Å². The van der Waals surface area contributed by atoms with Crippen molar-refractivity contribution in [3.63, 3.8) is 0 Å². The molecule has 0 radical (unpaired) electrons. The summed E-state index contributed by atoms with van der Waals surface area (Å²) in [5.41, 5.74) is -0.0133. The molecule has 118 valence electrons. The van der Waals surface area contributed by atoms with Gasteiger partial charge in [0, 0.05) is 10.9 Å². The average Bonchev–Trinajstić information content (AvgIpc) is 2.93. The molecule has 0 atom stereocenters. The fourth-order valence-corrected chi connectivity index (χ4v) is 3.26. The van der Waals surface area contributed by atoms with Crippen LogP contribution in [0.2, 0.25) is 0 Å². The lowest BCUT2D eigenvalue weighted by Gasteiger charge is -2.14. The van der Waals surface area contributed by atoms with Crippen LogP contribution in [-0.4, -0.2) is 16.9 Å². The lowest BCUT2D eigenvalue weighted by atomic mass is 9.93. The lowest BCUT2D eigenvalue weighted by molar-refractivity contribution is -0.0885. The van der Waals surface area contributed by atoms with Gasteiger partial charge in [-0.05, 0) is 36.1 Å². The Kier molecular flexibility index (Phi) is 3.68. The highest BCUT2D eigenvalue weighted by Gasteiger charge is 2.42. The minimum absolute atomic E-state index is 0.00148. The van der Waals surface area contributed by atoms with Crippen molar-refractivity contribution in [2.45, 2.75) is 13.1 Å². The number of hydrogen-bond donors (Lipinski definition) is 0. The Hall–Kier alpha value is -2.28. The zero-order valence-electron chi connectivity index (χ0n) is 11.7. The lowest BCUT2D eigenvalue weighted by Crippen LogP contribution is -2.24. The highest BCUT2D eigenvalue weighted by Crippen LogP contribution is 2.38. The molecular formula is C16H9F4NOS. The van der Waals surface area contributed by atoms with Gasteiger partial charge in [-0.15, -0.1) is 11.3 Å². The van der Waals surface area contributed by atoms with Gasteiger partial charge in [0.15, 0.2) is 0 Å². The second kappa shape index (κ2) is 5.42. The molecule has 3 aromatic rings. The van der Waals surface area contributed by atoms with Crippen molar-refractivity contribution in [3.05, 3.63) is 52.8 Å². The Bertz CT molecular complexity index is 897. The summed E-state index contributed by atoms with van der Waals surface area (Å²) in [5, 5.41) is 2.13. The van der Waals surface area contributed by atoms with E-state index in [-0.39, 0.29) is 11.3 Å². The van der Waals surface area contributed by atoms with E-state index in [2.05, 4.69) is 4.98 Å². The van der Waals surface area contributed by atoms with Crippen molar-refractivity contribution in [1.82, 2.24) is 4.98 Å².